The lowest BCUT2D eigenvalue weighted by molar-refractivity contribution is -0.404. The molecule has 7 nitrogen and oxygen atoms in total. The van der Waals surface area contributed by atoms with Crippen molar-refractivity contribution in [3.63, 3.8) is 0 Å². The molecule has 0 aliphatic carbocycles. The number of aryl methyl sites for hydroxylation is 1. The molecule has 0 unspecified atom stereocenters. The van der Waals surface area contributed by atoms with Gasteiger partial charge in [-0.1, -0.05) is 13.3 Å². The van der Waals surface area contributed by atoms with E-state index < -0.39 is 4.92 Å². The molecule has 0 saturated heterocycles. The zero-order valence-electron chi connectivity index (χ0n) is 11.2. The van der Waals surface area contributed by atoms with E-state index in [1.807, 2.05) is 10.8 Å². The Morgan fingerprint density at radius 1 is 1.42 bits per heavy atom. The van der Waals surface area contributed by atoms with E-state index in [2.05, 4.69) is 22.5 Å². The molecule has 0 atom stereocenters. The molecule has 2 N–H and O–H groups in total. The molecule has 0 aromatic carbocycles. The number of aromatic nitrogens is 2. The van der Waals surface area contributed by atoms with Gasteiger partial charge in [0, 0.05) is 32.0 Å². The molecule has 1 aromatic rings. The Kier molecular flexibility index (Phi) is 7.08. The fourth-order valence-electron chi connectivity index (χ4n) is 1.56. The molecule has 0 aliphatic heterocycles. The van der Waals surface area contributed by atoms with Gasteiger partial charge >= 0.3 is 0 Å². The minimum absolute atomic E-state index is 0.447. The SMILES string of the molecule is CCCCN/C(=C/[N+](=O)[O-])NCCCn1ccnc1. The molecule has 0 amide bonds. The van der Waals surface area contributed by atoms with Crippen LogP contribution >= 0.6 is 0 Å². The van der Waals surface area contributed by atoms with Gasteiger partial charge in [-0.2, -0.15) is 0 Å². The first-order valence-electron chi connectivity index (χ1n) is 6.51. The minimum atomic E-state index is -0.447. The predicted molar refractivity (Wildman–Crippen MR) is 72.8 cm³/mol. The number of nitrogens with one attached hydrogen (secondary N) is 2. The van der Waals surface area contributed by atoms with Gasteiger partial charge in [0.15, 0.2) is 5.82 Å². The summed E-state index contributed by atoms with van der Waals surface area (Å²) in [7, 11) is 0. The maximum Gasteiger partial charge on any atom is 0.274 e. The number of rotatable bonds is 10. The van der Waals surface area contributed by atoms with Crippen LogP contribution in [0.25, 0.3) is 0 Å². The van der Waals surface area contributed by atoms with E-state index >= 15 is 0 Å². The zero-order valence-corrected chi connectivity index (χ0v) is 11.2. The maximum atomic E-state index is 10.5. The molecule has 1 aromatic heterocycles. The molecule has 1 rings (SSSR count). The van der Waals surface area contributed by atoms with Crippen LogP contribution in [-0.4, -0.2) is 27.6 Å². The normalized spacial score (nSPS) is 11.3. The van der Waals surface area contributed by atoms with Crippen molar-refractivity contribution in [2.24, 2.45) is 0 Å². The number of hydrogen-bond acceptors (Lipinski definition) is 5. The van der Waals surface area contributed by atoms with Crippen LogP contribution in [0.1, 0.15) is 26.2 Å². The summed E-state index contributed by atoms with van der Waals surface area (Å²) in [5.74, 6) is 0.476. The van der Waals surface area contributed by atoms with Gasteiger partial charge in [-0.15, -0.1) is 0 Å². The van der Waals surface area contributed by atoms with Gasteiger partial charge in [-0.05, 0) is 12.8 Å². The Morgan fingerprint density at radius 3 is 2.74 bits per heavy atom. The Hall–Kier alpha value is -2.05. The number of hydrogen-bond donors (Lipinski definition) is 2. The smallest absolute Gasteiger partial charge is 0.274 e. The van der Waals surface area contributed by atoms with Crippen LogP contribution in [0.2, 0.25) is 0 Å². The Bertz CT molecular complexity index is 389. The fourth-order valence-corrected chi connectivity index (χ4v) is 1.56. The predicted octanol–water partition coefficient (Wildman–Crippen LogP) is 1.33. The second-order valence-corrected chi connectivity index (χ2v) is 4.19. The molecule has 0 saturated carbocycles. The summed E-state index contributed by atoms with van der Waals surface area (Å²) in [6.45, 7) is 4.34. The Morgan fingerprint density at radius 2 is 2.16 bits per heavy atom. The average molecular weight is 267 g/mol. The van der Waals surface area contributed by atoms with Crippen LogP contribution in [0.5, 0.6) is 0 Å². The van der Waals surface area contributed by atoms with Crippen LogP contribution < -0.4 is 10.6 Å². The van der Waals surface area contributed by atoms with Gasteiger partial charge in [0.1, 0.15) is 0 Å². The number of nitrogens with zero attached hydrogens (tertiary/aromatic N) is 3. The standard InChI is InChI=1S/C12H21N5O2/c1-2-3-5-14-12(10-17(18)19)15-6-4-8-16-9-7-13-11-16/h7,9-11,14-15H,2-6,8H2,1H3/b12-10-. The van der Waals surface area contributed by atoms with E-state index in [1.165, 1.54) is 0 Å². The van der Waals surface area contributed by atoms with E-state index in [0.717, 1.165) is 38.6 Å². The van der Waals surface area contributed by atoms with Crippen LogP contribution in [-0.2, 0) is 6.54 Å². The highest BCUT2D eigenvalue weighted by molar-refractivity contribution is 4.91. The summed E-state index contributed by atoms with van der Waals surface area (Å²) in [5.41, 5.74) is 0. The van der Waals surface area contributed by atoms with Crippen molar-refractivity contribution in [3.8, 4) is 0 Å². The molecule has 0 aliphatic rings. The topological polar surface area (TPSA) is 85.0 Å². The van der Waals surface area contributed by atoms with Crippen molar-refractivity contribution in [2.75, 3.05) is 13.1 Å². The Balaban J connectivity index is 2.25. The highest BCUT2D eigenvalue weighted by Crippen LogP contribution is 1.92. The first-order valence-corrected chi connectivity index (χ1v) is 6.51. The molecule has 0 radical (unpaired) electrons. The zero-order chi connectivity index (χ0) is 13.9. The third kappa shape index (κ3) is 7.07. The number of nitro groups is 1. The maximum absolute atomic E-state index is 10.5. The first-order chi connectivity index (χ1) is 9.22. The highest BCUT2D eigenvalue weighted by atomic mass is 16.6. The third-order valence-corrected chi connectivity index (χ3v) is 2.55. The van der Waals surface area contributed by atoms with Gasteiger partial charge in [0.05, 0.1) is 11.3 Å². The highest BCUT2D eigenvalue weighted by Gasteiger charge is 2.01. The summed E-state index contributed by atoms with van der Waals surface area (Å²) < 4.78 is 1.98. The van der Waals surface area contributed by atoms with Crippen molar-refractivity contribution in [2.45, 2.75) is 32.7 Å². The van der Waals surface area contributed by atoms with E-state index in [9.17, 15) is 10.1 Å². The Labute approximate surface area is 112 Å². The van der Waals surface area contributed by atoms with Crippen molar-refractivity contribution in [1.82, 2.24) is 20.2 Å². The number of unbranched alkanes of at least 4 members (excludes halogenated alkanes) is 1. The molecule has 0 bridgehead atoms. The van der Waals surface area contributed by atoms with Gasteiger partial charge in [0.2, 0.25) is 0 Å². The molecular formula is C12H21N5O2. The molecule has 106 valence electrons. The molecule has 7 heteroatoms. The van der Waals surface area contributed by atoms with Crippen molar-refractivity contribution >= 4 is 0 Å². The quantitative estimate of drug-likeness (QED) is 0.379. The summed E-state index contributed by atoms with van der Waals surface area (Å²) in [4.78, 5) is 14.0. The molecule has 19 heavy (non-hydrogen) atoms. The van der Waals surface area contributed by atoms with Crippen molar-refractivity contribution in [3.05, 3.63) is 40.9 Å². The van der Waals surface area contributed by atoms with E-state index in [-0.39, 0.29) is 0 Å². The summed E-state index contributed by atoms with van der Waals surface area (Å²) in [5, 5.41) is 16.6. The van der Waals surface area contributed by atoms with Gasteiger partial charge in [-0.3, -0.25) is 10.1 Å². The summed E-state index contributed by atoms with van der Waals surface area (Å²) >= 11 is 0. The van der Waals surface area contributed by atoms with Gasteiger partial charge in [-0.25, -0.2) is 4.98 Å². The second-order valence-electron chi connectivity index (χ2n) is 4.19. The molecule has 1 heterocycles. The summed E-state index contributed by atoms with van der Waals surface area (Å²) in [6.07, 6.45) is 9.29. The van der Waals surface area contributed by atoms with E-state index in [4.69, 9.17) is 0 Å². The molecular weight excluding hydrogens is 246 g/mol. The average Bonchev–Trinajstić information content (AvgIpc) is 2.87. The lowest BCUT2D eigenvalue weighted by Gasteiger charge is -2.11. The number of imidazole rings is 1. The lowest BCUT2D eigenvalue weighted by Crippen LogP contribution is -2.29. The molecule has 0 spiro atoms. The first kappa shape index (κ1) is 15.0. The van der Waals surface area contributed by atoms with Crippen LogP contribution in [0.3, 0.4) is 0 Å². The van der Waals surface area contributed by atoms with Crippen LogP contribution in [0.4, 0.5) is 0 Å². The molecule has 0 fully saturated rings. The summed E-state index contributed by atoms with van der Waals surface area (Å²) in [6, 6.07) is 0. The van der Waals surface area contributed by atoms with Crippen molar-refractivity contribution in [1.29, 1.82) is 0 Å². The van der Waals surface area contributed by atoms with Gasteiger partial charge < -0.3 is 15.2 Å². The van der Waals surface area contributed by atoms with E-state index in [1.54, 1.807) is 12.5 Å². The van der Waals surface area contributed by atoms with Crippen molar-refractivity contribution < 1.29 is 4.92 Å². The monoisotopic (exact) mass is 267 g/mol. The fraction of sp³-hybridized carbons (Fsp3) is 0.583. The second kappa shape index (κ2) is 8.96. The van der Waals surface area contributed by atoms with Gasteiger partial charge in [0.25, 0.3) is 6.20 Å². The minimum Gasteiger partial charge on any atom is -0.367 e. The largest absolute Gasteiger partial charge is 0.367 e. The van der Waals surface area contributed by atoms with Crippen LogP contribution in [0.15, 0.2) is 30.7 Å². The van der Waals surface area contributed by atoms with E-state index in [0.29, 0.717) is 12.4 Å². The van der Waals surface area contributed by atoms with Crippen LogP contribution in [0, 0.1) is 10.1 Å². The lowest BCUT2D eigenvalue weighted by atomic mass is 10.3. The third-order valence-electron chi connectivity index (χ3n) is 2.55.